The van der Waals surface area contributed by atoms with Crippen molar-refractivity contribution in [3.63, 3.8) is 0 Å². The average Bonchev–Trinajstić information content (AvgIpc) is 2.55. The highest BCUT2D eigenvalue weighted by Crippen LogP contribution is 2.22. The third-order valence-corrected chi connectivity index (χ3v) is 3.63. The maximum atomic E-state index is 12.1. The van der Waals surface area contributed by atoms with Gasteiger partial charge in [0.15, 0.2) is 6.10 Å². The number of rotatable bonds is 4. The fourth-order valence-corrected chi connectivity index (χ4v) is 2.29. The molecule has 0 unspecified atom stereocenters. The highest BCUT2D eigenvalue weighted by molar-refractivity contribution is 6.36. The van der Waals surface area contributed by atoms with Gasteiger partial charge in [0.05, 0.1) is 22.2 Å². The van der Waals surface area contributed by atoms with Gasteiger partial charge in [0.2, 0.25) is 0 Å². The monoisotopic (exact) mass is 362 g/mol. The molecule has 5 nitrogen and oxygen atoms in total. The Morgan fingerprint density at radius 2 is 1.83 bits per heavy atom. The number of esters is 1. The number of anilines is 1. The molecule has 0 heterocycles. The van der Waals surface area contributed by atoms with Crippen molar-refractivity contribution < 1.29 is 14.3 Å². The number of hydrogen-bond acceptors (Lipinski definition) is 4. The first kappa shape index (κ1) is 17.8. The van der Waals surface area contributed by atoms with Crippen LogP contribution in [0.5, 0.6) is 0 Å². The molecule has 0 spiro atoms. The second-order valence-electron chi connectivity index (χ2n) is 4.85. The van der Waals surface area contributed by atoms with Crippen molar-refractivity contribution in [2.45, 2.75) is 13.0 Å². The number of nitrogens with one attached hydrogen (secondary N) is 1. The topological polar surface area (TPSA) is 79.2 Å². The van der Waals surface area contributed by atoms with Crippen LogP contribution in [0.2, 0.25) is 10.0 Å². The van der Waals surface area contributed by atoms with E-state index in [0.29, 0.717) is 16.3 Å². The Morgan fingerprint density at radius 1 is 1.17 bits per heavy atom. The van der Waals surface area contributed by atoms with Gasteiger partial charge in [0, 0.05) is 10.7 Å². The molecular formula is C17H12Cl2N2O3. The van der Waals surface area contributed by atoms with Gasteiger partial charge in [-0.05, 0) is 49.4 Å². The summed E-state index contributed by atoms with van der Waals surface area (Å²) in [5.41, 5.74) is 1.09. The molecule has 0 bridgehead atoms. The van der Waals surface area contributed by atoms with Crippen molar-refractivity contribution in [2.24, 2.45) is 0 Å². The lowest BCUT2D eigenvalue weighted by atomic mass is 10.2. The predicted octanol–water partition coefficient (Wildman–Crippen LogP) is 4.05. The van der Waals surface area contributed by atoms with Gasteiger partial charge in [0.25, 0.3) is 5.91 Å². The molecule has 24 heavy (non-hydrogen) atoms. The summed E-state index contributed by atoms with van der Waals surface area (Å²) in [6.07, 6.45) is -1.03. The summed E-state index contributed by atoms with van der Waals surface area (Å²) >= 11 is 11.7. The van der Waals surface area contributed by atoms with Crippen LogP contribution in [-0.4, -0.2) is 18.0 Å². The molecular weight excluding hydrogens is 351 g/mol. The van der Waals surface area contributed by atoms with Crippen LogP contribution in [0.3, 0.4) is 0 Å². The van der Waals surface area contributed by atoms with Crippen LogP contribution in [0.4, 0.5) is 5.69 Å². The normalized spacial score (nSPS) is 11.2. The number of nitrogens with zero attached hydrogens (tertiary/aromatic N) is 1. The summed E-state index contributed by atoms with van der Waals surface area (Å²) in [5.74, 6) is -1.22. The van der Waals surface area contributed by atoms with E-state index in [2.05, 4.69) is 5.32 Å². The van der Waals surface area contributed by atoms with E-state index in [1.807, 2.05) is 6.07 Å². The van der Waals surface area contributed by atoms with E-state index in [1.165, 1.54) is 25.1 Å². The molecule has 0 saturated heterocycles. The molecule has 1 atom stereocenters. The molecule has 0 aliphatic rings. The molecule has 2 rings (SSSR count). The van der Waals surface area contributed by atoms with Crippen LogP contribution in [0.15, 0.2) is 42.5 Å². The Bertz CT molecular complexity index is 814. The summed E-state index contributed by atoms with van der Waals surface area (Å²) in [5, 5.41) is 11.9. The zero-order chi connectivity index (χ0) is 17.7. The van der Waals surface area contributed by atoms with Crippen molar-refractivity contribution in [3.8, 4) is 6.07 Å². The second-order valence-corrected chi connectivity index (χ2v) is 5.69. The van der Waals surface area contributed by atoms with Gasteiger partial charge in [-0.3, -0.25) is 4.79 Å². The van der Waals surface area contributed by atoms with Crippen molar-refractivity contribution in [1.29, 1.82) is 5.26 Å². The number of nitriles is 1. The minimum atomic E-state index is -1.03. The number of amides is 1. The van der Waals surface area contributed by atoms with Crippen LogP contribution in [-0.2, 0) is 9.53 Å². The van der Waals surface area contributed by atoms with Gasteiger partial charge < -0.3 is 10.1 Å². The molecule has 0 aromatic heterocycles. The number of carbonyl (C=O) groups excluding carboxylic acids is 2. The molecule has 122 valence electrons. The minimum absolute atomic E-state index is 0.124. The van der Waals surface area contributed by atoms with Crippen molar-refractivity contribution >= 4 is 40.8 Å². The van der Waals surface area contributed by atoms with Gasteiger partial charge in [-0.25, -0.2) is 4.79 Å². The molecule has 1 N–H and O–H groups in total. The van der Waals surface area contributed by atoms with E-state index in [9.17, 15) is 9.59 Å². The lowest BCUT2D eigenvalue weighted by Gasteiger charge is -2.14. The van der Waals surface area contributed by atoms with E-state index in [-0.39, 0.29) is 10.6 Å². The number of halogens is 2. The molecule has 7 heteroatoms. The Labute approximate surface area is 148 Å². The van der Waals surface area contributed by atoms with Crippen LogP contribution in [0, 0.1) is 11.3 Å². The van der Waals surface area contributed by atoms with Crippen LogP contribution >= 0.6 is 23.2 Å². The maximum Gasteiger partial charge on any atom is 0.340 e. The highest BCUT2D eigenvalue weighted by Gasteiger charge is 2.20. The van der Waals surface area contributed by atoms with Crippen LogP contribution < -0.4 is 5.32 Å². The third-order valence-electron chi connectivity index (χ3n) is 3.09. The van der Waals surface area contributed by atoms with Crippen LogP contribution in [0.1, 0.15) is 22.8 Å². The van der Waals surface area contributed by atoms with Crippen LogP contribution in [0.25, 0.3) is 0 Å². The van der Waals surface area contributed by atoms with Crippen molar-refractivity contribution in [2.75, 3.05) is 5.32 Å². The molecule has 0 fully saturated rings. The summed E-state index contributed by atoms with van der Waals surface area (Å²) in [7, 11) is 0. The number of ether oxygens (including phenoxy) is 1. The molecule has 0 saturated carbocycles. The Morgan fingerprint density at radius 3 is 2.42 bits per heavy atom. The Hall–Kier alpha value is -2.55. The first-order valence-electron chi connectivity index (χ1n) is 6.88. The minimum Gasteiger partial charge on any atom is -0.449 e. The van der Waals surface area contributed by atoms with Gasteiger partial charge in [-0.1, -0.05) is 23.2 Å². The molecule has 0 aliphatic heterocycles. The van der Waals surface area contributed by atoms with Gasteiger partial charge in [0.1, 0.15) is 0 Å². The third kappa shape index (κ3) is 4.48. The number of hydrogen-bond donors (Lipinski definition) is 1. The van der Waals surface area contributed by atoms with E-state index in [4.69, 9.17) is 33.2 Å². The largest absolute Gasteiger partial charge is 0.449 e. The molecule has 0 aliphatic carbocycles. The molecule has 1 amide bonds. The first-order chi connectivity index (χ1) is 11.4. The molecule has 2 aromatic rings. The average molecular weight is 363 g/mol. The first-order valence-corrected chi connectivity index (χ1v) is 7.63. The Balaban J connectivity index is 2.00. The molecule has 0 radical (unpaired) electrons. The lowest BCUT2D eigenvalue weighted by Crippen LogP contribution is -2.30. The van der Waals surface area contributed by atoms with Gasteiger partial charge in [-0.15, -0.1) is 0 Å². The smallest absolute Gasteiger partial charge is 0.340 e. The van der Waals surface area contributed by atoms with Crippen molar-refractivity contribution in [3.05, 3.63) is 63.6 Å². The number of benzene rings is 2. The summed E-state index contributed by atoms with van der Waals surface area (Å²) in [6, 6.07) is 12.6. The second kappa shape index (κ2) is 7.82. The number of carbonyl (C=O) groups is 2. The zero-order valence-corrected chi connectivity index (χ0v) is 14.1. The SMILES string of the molecule is C[C@H](OC(=O)c1ccc(Cl)cc1Cl)C(=O)Nc1ccc(C#N)cc1. The van der Waals surface area contributed by atoms with E-state index in [0.717, 1.165) is 0 Å². The summed E-state index contributed by atoms with van der Waals surface area (Å²) in [6.45, 7) is 1.45. The maximum absolute atomic E-state index is 12.1. The Kier molecular flexibility index (Phi) is 5.80. The summed E-state index contributed by atoms with van der Waals surface area (Å²) in [4.78, 5) is 24.1. The van der Waals surface area contributed by atoms with Gasteiger partial charge in [-0.2, -0.15) is 5.26 Å². The van der Waals surface area contributed by atoms with E-state index < -0.39 is 18.0 Å². The fraction of sp³-hybridized carbons (Fsp3) is 0.118. The predicted molar refractivity (Wildman–Crippen MR) is 91.1 cm³/mol. The zero-order valence-electron chi connectivity index (χ0n) is 12.5. The fourth-order valence-electron chi connectivity index (χ4n) is 1.80. The van der Waals surface area contributed by atoms with Crippen molar-refractivity contribution in [1.82, 2.24) is 0 Å². The lowest BCUT2D eigenvalue weighted by molar-refractivity contribution is -0.123. The molecule has 2 aromatic carbocycles. The van der Waals surface area contributed by atoms with E-state index >= 15 is 0 Å². The summed E-state index contributed by atoms with van der Waals surface area (Å²) < 4.78 is 5.11. The van der Waals surface area contributed by atoms with Gasteiger partial charge >= 0.3 is 5.97 Å². The van der Waals surface area contributed by atoms with E-state index in [1.54, 1.807) is 24.3 Å². The standard InChI is InChI=1S/C17H12Cl2N2O3/c1-10(16(22)21-13-5-2-11(9-20)3-6-13)24-17(23)14-7-4-12(18)8-15(14)19/h2-8,10H,1H3,(H,21,22)/t10-/m0/s1. The quantitative estimate of drug-likeness (QED) is 0.832. The highest BCUT2D eigenvalue weighted by atomic mass is 35.5.